The van der Waals surface area contributed by atoms with Crippen molar-refractivity contribution in [3.63, 3.8) is 0 Å². The lowest BCUT2D eigenvalue weighted by molar-refractivity contribution is 0.0981. The van der Waals surface area contributed by atoms with Crippen LogP contribution in [0.4, 0.5) is 11.6 Å². The maximum Gasteiger partial charge on any atom is 0.281 e. The molecule has 3 N–H and O–H groups in total. The maximum absolute atomic E-state index is 13.1. The van der Waals surface area contributed by atoms with Gasteiger partial charge in [0.2, 0.25) is 5.88 Å². The van der Waals surface area contributed by atoms with E-state index in [4.69, 9.17) is 15.5 Å². The highest BCUT2D eigenvalue weighted by atomic mass is 32.2. The number of carbonyl (C=O) groups is 1. The van der Waals surface area contributed by atoms with Crippen molar-refractivity contribution in [3.05, 3.63) is 54.2 Å². The highest BCUT2D eigenvalue weighted by Crippen LogP contribution is 2.27. The second-order valence-corrected chi connectivity index (χ2v) is 10.1. The topological polar surface area (TPSA) is 140 Å². The monoisotopic (exact) mass is 496 g/mol. The summed E-state index contributed by atoms with van der Waals surface area (Å²) in [6, 6.07) is 11.1. The molecular weight excluding hydrogens is 468 g/mol. The molecule has 0 spiro atoms. The standard InChI is InChI=1S/C24H28N6O4S/c1-16(2)34-21-12-9-17(15-26-21)19-11-10-18(23(27-19)30-13-4-3-5-14-30)24(31)29-35(32,33)22-8-6-7-20(25)28-22/h6-12,15-16H,3-5,13-14H2,1-2H3,(H2,25,28)(H,29,31). The molecule has 1 amide bonds. The summed E-state index contributed by atoms with van der Waals surface area (Å²) in [6.07, 6.45) is 4.68. The van der Waals surface area contributed by atoms with Gasteiger partial charge in [0.05, 0.1) is 17.4 Å². The third-order valence-electron chi connectivity index (χ3n) is 5.41. The zero-order valence-corrected chi connectivity index (χ0v) is 20.5. The van der Waals surface area contributed by atoms with Gasteiger partial charge in [0, 0.05) is 30.9 Å². The number of carbonyl (C=O) groups excluding carboxylic acids is 1. The Kier molecular flexibility index (Phi) is 7.15. The van der Waals surface area contributed by atoms with Crippen molar-refractivity contribution in [2.75, 3.05) is 23.7 Å². The highest BCUT2D eigenvalue weighted by molar-refractivity contribution is 7.90. The zero-order chi connectivity index (χ0) is 25.0. The Balaban J connectivity index is 1.66. The molecule has 0 radical (unpaired) electrons. The molecule has 1 aliphatic rings. The highest BCUT2D eigenvalue weighted by Gasteiger charge is 2.26. The van der Waals surface area contributed by atoms with Gasteiger partial charge in [-0.2, -0.15) is 8.42 Å². The average Bonchev–Trinajstić information content (AvgIpc) is 2.84. The van der Waals surface area contributed by atoms with Crippen LogP contribution < -0.4 is 20.1 Å². The molecule has 1 fully saturated rings. The number of ether oxygens (including phenoxy) is 1. The minimum absolute atomic E-state index is 0.00813. The van der Waals surface area contributed by atoms with Gasteiger partial charge in [0.1, 0.15) is 11.6 Å². The molecule has 0 bridgehead atoms. The van der Waals surface area contributed by atoms with E-state index in [-0.39, 0.29) is 22.5 Å². The summed E-state index contributed by atoms with van der Waals surface area (Å²) < 4.78 is 33.2. The first-order valence-corrected chi connectivity index (χ1v) is 12.9. The summed E-state index contributed by atoms with van der Waals surface area (Å²) in [5.41, 5.74) is 7.14. The minimum Gasteiger partial charge on any atom is -0.475 e. The molecule has 3 aromatic heterocycles. The van der Waals surface area contributed by atoms with Crippen LogP contribution in [0.15, 0.2) is 53.7 Å². The molecule has 0 atom stereocenters. The van der Waals surface area contributed by atoms with Gasteiger partial charge in [-0.1, -0.05) is 6.07 Å². The second kappa shape index (κ2) is 10.3. The number of hydrogen-bond donors (Lipinski definition) is 2. The summed E-state index contributed by atoms with van der Waals surface area (Å²) in [6.45, 7) is 5.29. The van der Waals surface area contributed by atoms with E-state index in [2.05, 4.69) is 14.7 Å². The van der Waals surface area contributed by atoms with Crippen LogP contribution in [-0.4, -0.2) is 48.5 Å². The Labute approximate surface area is 204 Å². The summed E-state index contributed by atoms with van der Waals surface area (Å²) in [7, 11) is -4.22. The Hall–Kier alpha value is -3.73. The molecule has 35 heavy (non-hydrogen) atoms. The third-order valence-corrected chi connectivity index (χ3v) is 6.64. The molecule has 184 valence electrons. The van der Waals surface area contributed by atoms with Crippen molar-refractivity contribution in [2.24, 2.45) is 0 Å². The molecule has 1 saturated heterocycles. The molecule has 0 unspecified atom stereocenters. The van der Waals surface area contributed by atoms with Gasteiger partial charge < -0.3 is 15.4 Å². The van der Waals surface area contributed by atoms with E-state index in [0.717, 1.165) is 37.9 Å². The van der Waals surface area contributed by atoms with Crippen LogP contribution >= 0.6 is 0 Å². The lowest BCUT2D eigenvalue weighted by atomic mass is 10.1. The van der Waals surface area contributed by atoms with Gasteiger partial charge >= 0.3 is 0 Å². The predicted octanol–water partition coefficient (Wildman–Crippen LogP) is 3.02. The molecule has 1 aliphatic heterocycles. The van der Waals surface area contributed by atoms with Crippen LogP contribution in [-0.2, 0) is 10.0 Å². The van der Waals surface area contributed by atoms with E-state index in [1.807, 2.05) is 24.8 Å². The van der Waals surface area contributed by atoms with E-state index in [0.29, 0.717) is 17.4 Å². The van der Waals surface area contributed by atoms with Crippen LogP contribution in [0.5, 0.6) is 5.88 Å². The van der Waals surface area contributed by atoms with Crippen LogP contribution in [0, 0.1) is 0 Å². The van der Waals surface area contributed by atoms with Crippen molar-refractivity contribution in [3.8, 4) is 17.1 Å². The Morgan fingerprint density at radius 1 is 1.06 bits per heavy atom. The first-order chi connectivity index (χ1) is 16.7. The number of anilines is 2. The molecule has 0 aliphatic carbocycles. The molecule has 0 aromatic carbocycles. The van der Waals surface area contributed by atoms with Gasteiger partial charge in [-0.25, -0.2) is 19.7 Å². The Bertz CT molecular complexity index is 1310. The number of piperidine rings is 1. The van der Waals surface area contributed by atoms with Gasteiger partial charge in [-0.3, -0.25) is 4.79 Å². The zero-order valence-electron chi connectivity index (χ0n) is 19.6. The van der Waals surface area contributed by atoms with Gasteiger partial charge in [-0.15, -0.1) is 0 Å². The van der Waals surface area contributed by atoms with E-state index < -0.39 is 15.9 Å². The smallest absolute Gasteiger partial charge is 0.281 e. The van der Waals surface area contributed by atoms with E-state index >= 15 is 0 Å². The largest absolute Gasteiger partial charge is 0.475 e. The van der Waals surface area contributed by atoms with E-state index in [9.17, 15) is 13.2 Å². The minimum atomic E-state index is -4.22. The number of nitrogens with zero attached hydrogens (tertiary/aromatic N) is 4. The number of nitrogens with one attached hydrogen (secondary N) is 1. The first-order valence-electron chi connectivity index (χ1n) is 11.4. The molecule has 4 heterocycles. The Morgan fingerprint density at radius 2 is 1.83 bits per heavy atom. The number of sulfonamides is 1. The van der Waals surface area contributed by atoms with Crippen molar-refractivity contribution >= 4 is 27.6 Å². The SMILES string of the molecule is CC(C)Oc1ccc(-c2ccc(C(=O)NS(=O)(=O)c3cccc(N)n3)c(N3CCCCC3)n2)cn1. The number of amides is 1. The fraction of sp³-hybridized carbons (Fsp3) is 0.333. The molecule has 11 heteroatoms. The Morgan fingerprint density at radius 3 is 2.49 bits per heavy atom. The number of pyridine rings is 3. The second-order valence-electron chi connectivity index (χ2n) is 8.50. The van der Waals surface area contributed by atoms with E-state index in [1.165, 1.54) is 18.2 Å². The molecular formula is C24H28N6O4S. The molecule has 3 aromatic rings. The van der Waals surface area contributed by atoms with Gasteiger partial charge in [0.25, 0.3) is 15.9 Å². The fourth-order valence-corrected chi connectivity index (χ4v) is 4.73. The number of hydrogen-bond acceptors (Lipinski definition) is 9. The lowest BCUT2D eigenvalue weighted by Gasteiger charge is -2.29. The van der Waals surface area contributed by atoms with Crippen LogP contribution in [0.25, 0.3) is 11.3 Å². The van der Waals surface area contributed by atoms with Crippen LogP contribution in [0.2, 0.25) is 0 Å². The number of aromatic nitrogens is 3. The lowest BCUT2D eigenvalue weighted by Crippen LogP contribution is -2.35. The third kappa shape index (κ3) is 5.86. The van der Waals surface area contributed by atoms with Crippen molar-refractivity contribution in [1.82, 2.24) is 19.7 Å². The molecule has 4 rings (SSSR count). The van der Waals surface area contributed by atoms with Crippen LogP contribution in [0.3, 0.4) is 0 Å². The van der Waals surface area contributed by atoms with Crippen molar-refractivity contribution < 1.29 is 17.9 Å². The molecule has 10 nitrogen and oxygen atoms in total. The maximum atomic E-state index is 13.1. The summed E-state index contributed by atoms with van der Waals surface area (Å²) >= 11 is 0. The molecule has 0 saturated carbocycles. The number of nitrogen functional groups attached to an aromatic ring is 1. The van der Waals surface area contributed by atoms with Crippen molar-refractivity contribution in [2.45, 2.75) is 44.2 Å². The van der Waals surface area contributed by atoms with E-state index in [1.54, 1.807) is 24.4 Å². The number of nitrogens with two attached hydrogens (primary N) is 1. The first kappa shape index (κ1) is 24.4. The van der Waals surface area contributed by atoms with Crippen molar-refractivity contribution in [1.29, 1.82) is 0 Å². The number of rotatable bonds is 7. The normalized spacial score (nSPS) is 14.1. The summed E-state index contributed by atoms with van der Waals surface area (Å²) in [4.78, 5) is 28.0. The predicted molar refractivity (Wildman–Crippen MR) is 133 cm³/mol. The summed E-state index contributed by atoms with van der Waals surface area (Å²) in [5.74, 6) is 0.195. The quantitative estimate of drug-likeness (QED) is 0.505. The van der Waals surface area contributed by atoms with Gasteiger partial charge in [-0.05, 0) is 63.4 Å². The summed E-state index contributed by atoms with van der Waals surface area (Å²) in [5, 5.41) is -0.329. The fourth-order valence-electron chi connectivity index (χ4n) is 3.79. The average molecular weight is 497 g/mol. The van der Waals surface area contributed by atoms with Gasteiger partial charge in [0.15, 0.2) is 5.03 Å². The van der Waals surface area contributed by atoms with Crippen LogP contribution in [0.1, 0.15) is 43.5 Å².